The molecule has 3 rings (SSSR count). The summed E-state index contributed by atoms with van der Waals surface area (Å²) in [5.74, 6) is 0.383. The van der Waals surface area contributed by atoms with E-state index >= 15 is 0 Å². The normalized spacial score (nSPS) is 27.5. The molecule has 156 valence electrons. The van der Waals surface area contributed by atoms with Crippen molar-refractivity contribution < 1.29 is 13.2 Å². The Morgan fingerprint density at radius 1 is 0.926 bits per heavy atom. The van der Waals surface area contributed by atoms with Crippen molar-refractivity contribution in [1.29, 1.82) is 0 Å². The lowest BCUT2D eigenvalue weighted by Gasteiger charge is -2.37. The fourth-order valence-corrected chi connectivity index (χ4v) is 6.14. The van der Waals surface area contributed by atoms with Crippen molar-refractivity contribution in [2.45, 2.75) is 51.9 Å². The summed E-state index contributed by atoms with van der Waals surface area (Å²) >= 11 is 0. The monoisotopic (exact) mass is 400 g/mol. The average Bonchev–Trinajstić information content (AvgIpc) is 2.69. The number of likely N-dealkylation sites (tertiary alicyclic amines) is 1. The molecule has 7 nitrogen and oxygen atoms in total. The Labute approximate surface area is 164 Å². The summed E-state index contributed by atoms with van der Waals surface area (Å²) in [5, 5.41) is 3.04. The van der Waals surface area contributed by atoms with Gasteiger partial charge in [0, 0.05) is 39.3 Å². The second kappa shape index (κ2) is 9.67. The van der Waals surface area contributed by atoms with Gasteiger partial charge < -0.3 is 10.2 Å². The van der Waals surface area contributed by atoms with Gasteiger partial charge in [0.05, 0.1) is 5.92 Å². The number of carbonyl (C=O) groups is 1. The van der Waals surface area contributed by atoms with Crippen molar-refractivity contribution in [2.24, 2.45) is 11.8 Å². The van der Waals surface area contributed by atoms with E-state index in [1.165, 1.54) is 19.3 Å². The highest BCUT2D eigenvalue weighted by molar-refractivity contribution is 7.86. The Bertz CT molecular complexity index is 584. The van der Waals surface area contributed by atoms with Crippen LogP contribution >= 0.6 is 0 Å². The molecule has 3 saturated heterocycles. The third-order valence-corrected chi connectivity index (χ3v) is 8.33. The largest absolute Gasteiger partial charge is 0.355 e. The molecule has 27 heavy (non-hydrogen) atoms. The van der Waals surface area contributed by atoms with E-state index in [0.29, 0.717) is 38.6 Å². The Morgan fingerprint density at radius 2 is 1.63 bits per heavy atom. The van der Waals surface area contributed by atoms with E-state index in [9.17, 15) is 13.2 Å². The summed E-state index contributed by atoms with van der Waals surface area (Å²) in [6.45, 7) is 8.04. The van der Waals surface area contributed by atoms with Gasteiger partial charge in [0.25, 0.3) is 10.2 Å². The lowest BCUT2D eigenvalue weighted by Crippen LogP contribution is -2.52. The van der Waals surface area contributed by atoms with Gasteiger partial charge in [-0.3, -0.25) is 4.79 Å². The van der Waals surface area contributed by atoms with E-state index < -0.39 is 10.2 Å². The summed E-state index contributed by atoms with van der Waals surface area (Å²) < 4.78 is 29.1. The molecule has 0 aromatic rings. The molecule has 0 bridgehead atoms. The van der Waals surface area contributed by atoms with Crippen molar-refractivity contribution in [2.75, 3.05) is 52.4 Å². The fourth-order valence-electron chi connectivity index (χ4n) is 4.41. The maximum atomic E-state index is 12.9. The Kier molecular flexibility index (Phi) is 7.53. The van der Waals surface area contributed by atoms with E-state index in [-0.39, 0.29) is 11.8 Å². The molecule has 0 radical (unpaired) electrons. The highest BCUT2D eigenvalue weighted by Crippen LogP contribution is 2.25. The third kappa shape index (κ3) is 5.65. The second-order valence-electron chi connectivity index (χ2n) is 8.48. The topological polar surface area (TPSA) is 73.0 Å². The molecule has 1 amide bonds. The maximum absolute atomic E-state index is 12.9. The van der Waals surface area contributed by atoms with E-state index in [4.69, 9.17) is 0 Å². The molecule has 0 aliphatic carbocycles. The number of hydrogen-bond donors (Lipinski definition) is 1. The second-order valence-corrected chi connectivity index (χ2v) is 10.4. The number of hydrogen-bond acceptors (Lipinski definition) is 4. The summed E-state index contributed by atoms with van der Waals surface area (Å²) in [6, 6.07) is 0. The van der Waals surface area contributed by atoms with Crippen LogP contribution in [-0.4, -0.2) is 80.2 Å². The van der Waals surface area contributed by atoms with Gasteiger partial charge in [-0.1, -0.05) is 13.3 Å². The van der Waals surface area contributed by atoms with Crippen LogP contribution in [0.25, 0.3) is 0 Å². The number of rotatable bonds is 6. The molecule has 0 spiro atoms. The summed E-state index contributed by atoms with van der Waals surface area (Å²) in [4.78, 5) is 15.0. The molecule has 3 heterocycles. The summed E-state index contributed by atoms with van der Waals surface area (Å²) in [6.07, 6.45) is 7.19. The van der Waals surface area contributed by atoms with Crippen molar-refractivity contribution in [3.63, 3.8) is 0 Å². The van der Waals surface area contributed by atoms with E-state index in [0.717, 1.165) is 45.3 Å². The molecule has 3 aliphatic heterocycles. The molecule has 0 unspecified atom stereocenters. The highest BCUT2D eigenvalue weighted by atomic mass is 32.2. The molecule has 8 heteroatoms. The first-order chi connectivity index (χ1) is 13.0. The first-order valence-electron chi connectivity index (χ1n) is 10.7. The molecule has 0 aromatic heterocycles. The van der Waals surface area contributed by atoms with Crippen LogP contribution in [0.2, 0.25) is 0 Å². The van der Waals surface area contributed by atoms with Gasteiger partial charge >= 0.3 is 0 Å². The van der Waals surface area contributed by atoms with Gasteiger partial charge in [-0.25, -0.2) is 0 Å². The third-order valence-electron chi connectivity index (χ3n) is 6.33. The molecular formula is C19H36N4O3S. The molecule has 0 aromatic carbocycles. The standard InChI is InChI=1S/C19H36N4O3S/c1-17-7-13-22(14-8-17)27(25,26)23-12-5-6-18(16-23)19(24)20-9-15-21-10-3-2-4-11-21/h17-18H,2-16H2,1H3,(H,20,24)/t18-/m0/s1. The van der Waals surface area contributed by atoms with Crippen LogP contribution < -0.4 is 5.32 Å². The minimum atomic E-state index is -3.43. The first-order valence-corrected chi connectivity index (χ1v) is 12.1. The first kappa shape index (κ1) is 21.0. The Balaban J connectivity index is 1.47. The smallest absolute Gasteiger partial charge is 0.281 e. The SMILES string of the molecule is CC1CCN(S(=O)(=O)N2CCC[C@H](C(=O)NCCN3CCCCC3)C2)CC1. The Hall–Kier alpha value is -0.700. The van der Waals surface area contributed by atoms with Crippen LogP contribution in [0.5, 0.6) is 0 Å². The molecule has 0 saturated carbocycles. The predicted octanol–water partition coefficient (Wildman–Crippen LogP) is 1.28. The Morgan fingerprint density at radius 3 is 2.33 bits per heavy atom. The quantitative estimate of drug-likeness (QED) is 0.729. The number of amides is 1. The highest BCUT2D eigenvalue weighted by Gasteiger charge is 2.36. The number of nitrogens with zero attached hydrogens (tertiary/aromatic N) is 3. The maximum Gasteiger partial charge on any atom is 0.281 e. The van der Waals surface area contributed by atoms with Gasteiger partial charge in [0.1, 0.15) is 0 Å². The fraction of sp³-hybridized carbons (Fsp3) is 0.947. The minimum absolute atomic E-state index is 0.0131. The zero-order valence-corrected chi connectivity index (χ0v) is 17.6. The van der Waals surface area contributed by atoms with Gasteiger partial charge in [0.2, 0.25) is 5.91 Å². The van der Waals surface area contributed by atoms with Crippen LogP contribution in [0.4, 0.5) is 0 Å². The molecule has 1 atom stereocenters. The number of carbonyl (C=O) groups excluding carboxylic acids is 1. The van der Waals surface area contributed by atoms with Crippen LogP contribution in [0, 0.1) is 11.8 Å². The van der Waals surface area contributed by atoms with Crippen LogP contribution in [-0.2, 0) is 15.0 Å². The lowest BCUT2D eigenvalue weighted by atomic mass is 9.99. The van der Waals surface area contributed by atoms with Crippen LogP contribution in [0.3, 0.4) is 0 Å². The van der Waals surface area contributed by atoms with Crippen molar-refractivity contribution >= 4 is 16.1 Å². The number of nitrogens with one attached hydrogen (secondary N) is 1. The number of piperidine rings is 3. The van der Waals surface area contributed by atoms with E-state index in [1.807, 2.05) is 0 Å². The molecule has 3 aliphatic rings. The van der Waals surface area contributed by atoms with Crippen molar-refractivity contribution in [1.82, 2.24) is 18.8 Å². The summed E-state index contributed by atoms with van der Waals surface area (Å²) in [5.41, 5.74) is 0. The molecule has 3 fully saturated rings. The van der Waals surface area contributed by atoms with Crippen molar-refractivity contribution in [3.8, 4) is 0 Å². The van der Waals surface area contributed by atoms with Gasteiger partial charge in [-0.2, -0.15) is 17.0 Å². The van der Waals surface area contributed by atoms with Gasteiger partial charge in [0.15, 0.2) is 0 Å². The molecular weight excluding hydrogens is 364 g/mol. The average molecular weight is 401 g/mol. The van der Waals surface area contributed by atoms with Crippen LogP contribution in [0.1, 0.15) is 51.9 Å². The van der Waals surface area contributed by atoms with E-state index in [1.54, 1.807) is 8.61 Å². The zero-order chi connectivity index (χ0) is 19.3. The van der Waals surface area contributed by atoms with Gasteiger partial charge in [-0.05, 0) is 57.5 Å². The van der Waals surface area contributed by atoms with Crippen LogP contribution in [0.15, 0.2) is 0 Å². The molecule has 1 N–H and O–H groups in total. The lowest BCUT2D eigenvalue weighted by molar-refractivity contribution is -0.126. The van der Waals surface area contributed by atoms with E-state index in [2.05, 4.69) is 17.1 Å². The van der Waals surface area contributed by atoms with Crippen molar-refractivity contribution in [3.05, 3.63) is 0 Å². The predicted molar refractivity (Wildman–Crippen MR) is 106 cm³/mol. The summed E-state index contributed by atoms with van der Waals surface area (Å²) in [7, 11) is -3.43. The zero-order valence-electron chi connectivity index (χ0n) is 16.7. The minimum Gasteiger partial charge on any atom is -0.355 e. The van der Waals surface area contributed by atoms with Gasteiger partial charge in [-0.15, -0.1) is 0 Å².